The quantitative estimate of drug-likeness (QED) is 0.200. The van der Waals surface area contributed by atoms with Crippen LogP contribution in [-0.4, -0.2) is 9.97 Å². The van der Waals surface area contributed by atoms with E-state index in [0.717, 1.165) is 11.0 Å². The molecule has 0 bridgehead atoms. The van der Waals surface area contributed by atoms with Crippen LogP contribution in [0.25, 0.3) is 66.3 Å². The SMILES string of the molecule is Cc1cc(-c2cccc3ncccc23)cc2c1-c1cc3c(cc1C2(C)C)-c1c(C)cc(-c2cccc4ncccc24)cc1C3(C)C. The Balaban J connectivity index is 1.22. The van der Waals surface area contributed by atoms with Gasteiger partial charge in [-0.3, -0.25) is 9.97 Å². The van der Waals surface area contributed by atoms with E-state index in [4.69, 9.17) is 0 Å². The van der Waals surface area contributed by atoms with Gasteiger partial charge in [0, 0.05) is 34.0 Å². The lowest BCUT2D eigenvalue weighted by molar-refractivity contribution is 0.652. The summed E-state index contributed by atoms with van der Waals surface area (Å²) in [5, 5.41) is 2.40. The Bertz CT molecular complexity index is 2260. The molecule has 2 heterocycles. The van der Waals surface area contributed by atoms with Crippen LogP contribution in [0.1, 0.15) is 61.1 Å². The predicted molar refractivity (Wildman–Crippen MR) is 193 cm³/mol. The van der Waals surface area contributed by atoms with E-state index in [2.05, 4.69) is 136 Å². The van der Waals surface area contributed by atoms with Crippen LogP contribution >= 0.6 is 0 Å². The first-order chi connectivity index (χ1) is 22.1. The molecular formula is C44H36N2. The van der Waals surface area contributed by atoms with Crippen LogP contribution in [0.15, 0.2) is 109 Å². The molecule has 0 aliphatic heterocycles. The van der Waals surface area contributed by atoms with Crippen molar-refractivity contribution >= 4 is 21.8 Å². The predicted octanol–water partition coefficient (Wildman–Crippen LogP) is 11.3. The molecule has 0 atom stereocenters. The first kappa shape index (κ1) is 27.2. The van der Waals surface area contributed by atoms with Gasteiger partial charge in [-0.2, -0.15) is 0 Å². The third-order valence-corrected chi connectivity index (χ3v) is 11.0. The van der Waals surface area contributed by atoms with Gasteiger partial charge in [0.2, 0.25) is 0 Å². The number of aryl methyl sites for hydroxylation is 2. The molecule has 0 saturated carbocycles. The summed E-state index contributed by atoms with van der Waals surface area (Å²) in [7, 11) is 0. The molecule has 9 rings (SSSR count). The summed E-state index contributed by atoms with van der Waals surface area (Å²) in [5.74, 6) is 0. The summed E-state index contributed by atoms with van der Waals surface area (Å²) in [4.78, 5) is 9.26. The number of rotatable bonds is 2. The fraction of sp³-hybridized carbons (Fsp3) is 0.182. The summed E-state index contributed by atoms with van der Waals surface area (Å²) in [6.07, 6.45) is 3.75. The number of benzene rings is 5. The standard InChI is InChI=1S/C44H36N2/c1-25-19-27(29-11-7-15-39-31(29)13-9-17-45-39)21-37-41(25)33-23-36-34(24-35(33)43(37,3)4)42-26(2)20-28(22-38(42)44(36,5)6)30-12-8-16-40-32(30)14-10-18-46-40/h7-24H,1-6H3. The van der Waals surface area contributed by atoms with E-state index in [1.807, 2.05) is 24.5 Å². The zero-order valence-corrected chi connectivity index (χ0v) is 27.3. The minimum atomic E-state index is -0.125. The fourth-order valence-electron chi connectivity index (χ4n) is 8.63. The van der Waals surface area contributed by atoms with Crippen molar-refractivity contribution in [3.63, 3.8) is 0 Å². The van der Waals surface area contributed by atoms with Gasteiger partial charge in [-0.05, 0) is 140 Å². The largest absolute Gasteiger partial charge is 0.256 e. The highest BCUT2D eigenvalue weighted by Gasteiger charge is 2.43. The second kappa shape index (κ2) is 9.23. The zero-order valence-electron chi connectivity index (χ0n) is 27.3. The van der Waals surface area contributed by atoms with E-state index in [-0.39, 0.29) is 10.8 Å². The maximum Gasteiger partial charge on any atom is 0.0708 e. The summed E-state index contributed by atoms with van der Waals surface area (Å²) in [6.45, 7) is 14.2. The fourth-order valence-corrected chi connectivity index (χ4v) is 8.63. The van der Waals surface area contributed by atoms with Crippen LogP contribution in [0.5, 0.6) is 0 Å². The van der Waals surface area contributed by atoms with E-state index in [1.165, 1.54) is 88.7 Å². The Morgan fingerprint density at radius 2 is 0.870 bits per heavy atom. The van der Waals surface area contributed by atoms with Gasteiger partial charge < -0.3 is 0 Å². The molecule has 0 saturated heterocycles. The molecule has 7 aromatic rings. The number of hydrogen-bond acceptors (Lipinski definition) is 2. The van der Waals surface area contributed by atoms with Gasteiger partial charge in [-0.15, -0.1) is 0 Å². The summed E-state index contributed by atoms with van der Waals surface area (Å²) >= 11 is 0. The lowest BCUT2D eigenvalue weighted by Crippen LogP contribution is -2.17. The van der Waals surface area contributed by atoms with Crippen LogP contribution in [0.3, 0.4) is 0 Å². The average Bonchev–Trinajstić information content (AvgIpc) is 3.42. The van der Waals surface area contributed by atoms with Gasteiger partial charge in [0.15, 0.2) is 0 Å². The Hall–Kier alpha value is -5.08. The normalized spacial score (nSPS) is 15.1. The monoisotopic (exact) mass is 592 g/mol. The topological polar surface area (TPSA) is 25.8 Å². The lowest BCUT2D eigenvalue weighted by Gasteiger charge is -2.24. The second-order valence-electron chi connectivity index (χ2n) is 14.4. The van der Waals surface area contributed by atoms with Gasteiger partial charge in [0.25, 0.3) is 0 Å². The Labute approximate surface area is 270 Å². The van der Waals surface area contributed by atoms with Gasteiger partial charge in [-0.25, -0.2) is 0 Å². The summed E-state index contributed by atoms with van der Waals surface area (Å²) in [5.41, 5.74) is 20.8. The van der Waals surface area contributed by atoms with Crippen molar-refractivity contribution < 1.29 is 0 Å². The molecule has 0 fully saturated rings. The molecule has 0 N–H and O–H groups in total. The molecule has 222 valence electrons. The van der Waals surface area contributed by atoms with Crippen molar-refractivity contribution in [1.82, 2.24) is 9.97 Å². The molecule has 0 unspecified atom stereocenters. The first-order valence-electron chi connectivity index (χ1n) is 16.3. The van der Waals surface area contributed by atoms with Crippen molar-refractivity contribution in [3.05, 3.63) is 143 Å². The van der Waals surface area contributed by atoms with Gasteiger partial charge in [0.1, 0.15) is 0 Å². The van der Waals surface area contributed by atoms with E-state index in [9.17, 15) is 0 Å². The van der Waals surface area contributed by atoms with Crippen LogP contribution in [0.2, 0.25) is 0 Å². The van der Waals surface area contributed by atoms with Crippen molar-refractivity contribution in [2.24, 2.45) is 0 Å². The maximum absolute atomic E-state index is 4.63. The number of fused-ring (bicyclic) bond motifs is 8. The minimum Gasteiger partial charge on any atom is -0.256 e. The lowest BCUT2D eigenvalue weighted by atomic mass is 9.78. The third kappa shape index (κ3) is 3.59. The van der Waals surface area contributed by atoms with E-state index in [0.29, 0.717) is 0 Å². The molecule has 2 heteroatoms. The van der Waals surface area contributed by atoms with Crippen molar-refractivity contribution in [2.45, 2.75) is 52.4 Å². The van der Waals surface area contributed by atoms with E-state index in [1.54, 1.807) is 0 Å². The molecule has 2 aliphatic carbocycles. The first-order valence-corrected chi connectivity index (χ1v) is 16.3. The number of hydrogen-bond donors (Lipinski definition) is 0. The van der Waals surface area contributed by atoms with Crippen LogP contribution < -0.4 is 0 Å². The van der Waals surface area contributed by atoms with E-state index < -0.39 is 0 Å². The average molecular weight is 593 g/mol. The highest BCUT2D eigenvalue weighted by molar-refractivity contribution is 5.99. The molecule has 0 amide bonds. The molecule has 5 aromatic carbocycles. The zero-order chi connectivity index (χ0) is 31.5. The number of aromatic nitrogens is 2. The molecular weight excluding hydrogens is 556 g/mol. The van der Waals surface area contributed by atoms with Gasteiger partial charge in [-0.1, -0.05) is 76.2 Å². The molecule has 2 nitrogen and oxygen atoms in total. The minimum absolute atomic E-state index is 0.125. The van der Waals surface area contributed by atoms with Crippen molar-refractivity contribution in [2.75, 3.05) is 0 Å². The van der Waals surface area contributed by atoms with Crippen molar-refractivity contribution in [3.8, 4) is 44.5 Å². The molecule has 2 aromatic heterocycles. The van der Waals surface area contributed by atoms with Crippen LogP contribution in [-0.2, 0) is 10.8 Å². The van der Waals surface area contributed by atoms with Gasteiger partial charge in [0.05, 0.1) is 11.0 Å². The number of pyridine rings is 2. The van der Waals surface area contributed by atoms with Crippen molar-refractivity contribution in [1.29, 1.82) is 0 Å². The highest BCUT2D eigenvalue weighted by atomic mass is 14.6. The highest BCUT2D eigenvalue weighted by Crippen LogP contribution is 2.58. The molecule has 0 radical (unpaired) electrons. The third-order valence-electron chi connectivity index (χ3n) is 11.0. The Morgan fingerprint density at radius 1 is 0.435 bits per heavy atom. The second-order valence-corrected chi connectivity index (χ2v) is 14.4. The van der Waals surface area contributed by atoms with Crippen LogP contribution in [0.4, 0.5) is 0 Å². The Kier molecular flexibility index (Phi) is 5.47. The molecule has 46 heavy (non-hydrogen) atoms. The maximum atomic E-state index is 4.63. The Morgan fingerprint density at radius 3 is 1.30 bits per heavy atom. The summed E-state index contributed by atoms with van der Waals surface area (Å²) in [6, 6.07) is 36.1. The smallest absolute Gasteiger partial charge is 0.0708 e. The molecule has 0 spiro atoms. The summed E-state index contributed by atoms with van der Waals surface area (Å²) < 4.78 is 0. The number of nitrogens with zero attached hydrogens (tertiary/aromatic N) is 2. The molecule has 2 aliphatic rings. The van der Waals surface area contributed by atoms with E-state index >= 15 is 0 Å². The van der Waals surface area contributed by atoms with Crippen LogP contribution in [0, 0.1) is 13.8 Å². The van der Waals surface area contributed by atoms with Gasteiger partial charge >= 0.3 is 0 Å².